The van der Waals surface area contributed by atoms with E-state index in [1.165, 1.54) is 0 Å². The normalized spacial score (nSPS) is 10.7. The van der Waals surface area contributed by atoms with Crippen molar-refractivity contribution in [3.8, 4) is 0 Å². The van der Waals surface area contributed by atoms with Gasteiger partial charge in [-0.05, 0) is 20.3 Å². The summed E-state index contributed by atoms with van der Waals surface area (Å²) < 4.78 is 6.94. The molecule has 0 aromatic carbocycles. The highest BCUT2D eigenvalue weighted by atomic mass is 35.5. The van der Waals surface area contributed by atoms with Crippen LogP contribution in [0.1, 0.15) is 28.2 Å². The Hall–Kier alpha value is -1.07. The zero-order valence-electron chi connectivity index (χ0n) is 11.1. The van der Waals surface area contributed by atoms with Crippen LogP contribution in [0, 0.1) is 13.8 Å². The van der Waals surface area contributed by atoms with E-state index >= 15 is 0 Å². The van der Waals surface area contributed by atoms with E-state index in [1.807, 2.05) is 20.9 Å². The third kappa shape index (κ3) is 3.99. The Morgan fingerprint density at radius 2 is 2.17 bits per heavy atom. The summed E-state index contributed by atoms with van der Waals surface area (Å²) in [6.07, 6.45) is 0.779. The van der Waals surface area contributed by atoms with E-state index < -0.39 is 0 Å². The molecular formula is C12H20ClN3O2. The minimum absolute atomic E-state index is 0.0737. The average Bonchev–Trinajstić information content (AvgIpc) is 2.58. The largest absolute Gasteiger partial charge is 0.380 e. The van der Waals surface area contributed by atoms with Gasteiger partial charge in [-0.1, -0.05) is 0 Å². The van der Waals surface area contributed by atoms with Crippen LogP contribution in [0.25, 0.3) is 0 Å². The predicted octanol–water partition coefficient (Wildman–Crippen LogP) is 1.41. The summed E-state index contributed by atoms with van der Waals surface area (Å²) in [6.45, 7) is 5.48. The van der Waals surface area contributed by atoms with Crippen molar-refractivity contribution < 1.29 is 9.53 Å². The highest BCUT2D eigenvalue weighted by molar-refractivity contribution is 6.17. The number of halogens is 1. The van der Waals surface area contributed by atoms with Crippen LogP contribution in [-0.4, -0.2) is 41.3 Å². The zero-order valence-corrected chi connectivity index (χ0v) is 11.9. The first-order valence-corrected chi connectivity index (χ1v) is 6.53. The summed E-state index contributed by atoms with van der Waals surface area (Å²) in [7, 11) is 1.83. The molecule has 1 aromatic rings. The van der Waals surface area contributed by atoms with Gasteiger partial charge in [-0.2, -0.15) is 5.10 Å². The number of hydrogen-bond acceptors (Lipinski definition) is 3. The van der Waals surface area contributed by atoms with Crippen molar-refractivity contribution >= 4 is 17.5 Å². The SMILES string of the molecule is Cc1nn(C)c(C)c1C(=O)NCCCOCCCl. The van der Waals surface area contributed by atoms with Crippen LogP contribution in [0.15, 0.2) is 0 Å². The molecule has 0 unspecified atom stereocenters. The molecule has 0 aliphatic rings. The number of nitrogens with zero attached hydrogens (tertiary/aromatic N) is 2. The molecule has 0 radical (unpaired) electrons. The van der Waals surface area contributed by atoms with Crippen LogP contribution in [-0.2, 0) is 11.8 Å². The van der Waals surface area contributed by atoms with Crippen LogP contribution >= 0.6 is 11.6 Å². The van der Waals surface area contributed by atoms with Crippen LogP contribution in [0.3, 0.4) is 0 Å². The first-order valence-electron chi connectivity index (χ1n) is 6.00. The second-order valence-electron chi connectivity index (χ2n) is 4.08. The topological polar surface area (TPSA) is 56.2 Å². The van der Waals surface area contributed by atoms with Crippen molar-refractivity contribution in [1.82, 2.24) is 15.1 Å². The maximum absolute atomic E-state index is 12.0. The lowest BCUT2D eigenvalue weighted by Crippen LogP contribution is -2.26. The lowest BCUT2D eigenvalue weighted by atomic mass is 10.2. The fraction of sp³-hybridized carbons (Fsp3) is 0.667. The number of carbonyl (C=O) groups is 1. The van der Waals surface area contributed by atoms with Gasteiger partial charge in [0.1, 0.15) is 0 Å². The van der Waals surface area contributed by atoms with E-state index in [2.05, 4.69) is 10.4 Å². The van der Waals surface area contributed by atoms with Gasteiger partial charge in [0.15, 0.2) is 0 Å². The predicted molar refractivity (Wildman–Crippen MR) is 71.2 cm³/mol. The zero-order chi connectivity index (χ0) is 13.5. The average molecular weight is 274 g/mol. The van der Waals surface area contributed by atoms with Gasteiger partial charge < -0.3 is 10.1 Å². The second-order valence-corrected chi connectivity index (χ2v) is 4.46. The van der Waals surface area contributed by atoms with Gasteiger partial charge in [0.05, 0.1) is 17.9 Å². The third-order valence-electron chi connectivity index (χ3n) is 2.71. The first-order chi connectivity index (χ1) is 8.57. The molecule has 0 saturated heterocycles. The van der Waals surface area contributed by atoms with Crippen LogP contribution < -0.4 is 5.32 Å². The third-order valence-corrected chi connectivity index (χ3v) is 2.86. The quantitative estimate of drug-likeness (QED) is 0.604. The number of amides is 1. The van der Waals surface area contributed by atoms with Crippen molar-refractivity contribution in [1.29, 1.82) is 0 Å². The van der Waals surface area contributed by atoms with Gasteiger partial charge in [0.25, 0.3) is 5.91 Å². The van der Waals surface area contributed by atoms with Gasteiger partial charge in [-0.25, -0.2) is 0 Å². The number of nitrogens with one attached hydrogen (secondary N) is 1. The van der Waals surface area contributed by atoms with Crippen molar-refractivity contribution in [2.75, 3.05) is 25.6 Å². The summed E-state index contributed by atoms with van der Waals surface area (Å²) >= 11 is 5.48. The molecule has 0 aliphatic carbocycles. The van der Waals surface area contributed by atoms with Gasteiger partial charge in [0, 0.05) is 31.8 Å². The maximum atomic E-state index is 12.0. The molecule has 1 rings (SSSR count). The highest BCUT2D eigenvalue weighted by Gasteiger charge is 2.16. The van der Waals surface area contributed by atoms with Crippen LogP contribution in [0.4, 0.5) is 0 Å². The minimum Gasteiger partial charge on any atom is -0.380 e. The van der Waals surface area contributed by atoms with E-state index in [0.717, 1.165) is 17.8 Å². The Morgan fingerprint density at radius 3 is 2.72 bits per heavy atom. The molecule has 0 aliphatic heterocycles. The number of aromatic nitrogens is 2. The fourth-order valence-corrected chi connectivity index (χ4v) is 1.83. The summed E-state index contributed by atoms with van der Waals surface area (Å²) in [5.41, 5.74) is 2.30. The van der Waals surface area contributed by atoms with Crippen LogP contribution in [0.2, 0.25) is 0 Å². The van der Waals surface area contributed by atoms with Gasteiger partial charge >= 0.3 is 0 Å². The van der Waals surface area contributed by atoms with Crippen LogP contribution in [0.5, 0.6) is 0 Å². The molecule has 5 nitrogen and oxygen atoms in total. The van der Waals surface area contributed by atoms with Crippen molar-refractivity contribution in [2.45, 2.75) is 20.3 Å². The number of carbonyl (C=O) groups excluding carboxylic acids is 1. The number of alkyl halides is 1. The molecule has 102 valence electrons. The molecule has 0 atom stereocenters. The van der Waals surface area contributed by atoms with Gasteiger partial charge in [0.2, 0.25) is 0 Å². The van der Waals surface area contributed by atoms with Gasteiger partial charge in [-0.3, -0.25) is 9.48 Å². The lowest BCUT2D eigenvalue weighted by Gasteiger charge is -2.06. The smallest absolute Gasteiger partial charge is 0.255 e. The highest BCUT2D eigenvalue weighted by Crippen LogP contribution is 2.11. The molecule has 1 N–H and O–H groups in total. The summed E-state index contributed by atoms with van der Waals surface area (Å²) in [5.74, 6) is 0.427. The number of hydrogen-bond donors (Lipinski definition) is 1. The number of aryl methyl sites for hydroxylation is 2. The Labute approximate surface area is 112 Å². The molecular weight excluding hydrogens is 254 g/mol. The molecule has 0 fully saturated rings. The Morgan fingerprint density at radius 1 is 1.44 bits per heavy atom. The number of ether oxygens (including phenoxy) is 1. The molecule has 18 heavy (non-hydrogen) atoms. The van der Waals surface area contributed by atoms with Crippen molar-refractivity contribution in [3.63, 3.8) is 0 Å². The summed E-state index contributed by atoms with van der Waals surface area (Å²) in [6, 6.07) is 0. The Bertz CT molecular complexity index is 404. The van der Waals surface area contributed by atoms with E-state index in [1.54, 1.807) is 4.68 Å². The van der Waals surface area contributed by atoms with Crippen molar-refractivity contribution in [2.24, 2.45) is 7.05 Å². The molecule has 0 bridgehead atoms. The molecule has 1 heterocycles. The minimum atomic E-state index is -0.0737. The van der Waals surface area contributed by atoms with Crippen molar-refractivity contribution in [3.05, 3.63) is 17.0 Å². The van der Waals surface area contributed by atoms with E-state index in [-0.39, 0.29) is 5.91 Å². The first kappa shape index (κ1) is 15.0. The van der Waals surface area contributed by atoms with E-state index in [4.69, 9.17) is 16.3 Å². The Kier molecular flexibility index (Phi) is 6.15. The monoisotopic (exact) mass is 273 g/mol. The van der Waals surface area contributed by atoms with E-state index in [0.29, 0.717) is 31.2 Å². The molecule has 0 saturated carbocycles. The summed E-state index contributed by atoms with van der Waals surface area (Å²) in [5, 5.41) is 7.08. The fourth-order valence-electron chi connectivity index (χ4n) is 1.72. The van der Waals surface area contributed by atoms with E-state index in [9.17, 15) is 4.79 Å². The molecule has 0 spiro atoms. The lowest BCUT2D eigenvalue weighted by molar-refractivity contribution is 0.0943. The summed E-state index contributed by atoms with van der Waals surface area (Å²) in [4.78, 5) is 12.0. The second kappa shape index (κ2) is 7.38. The van der Waals surface area contributed by atoms with Gasteiger partial charge in [-0.15, -0.1) is 11.6 Å². The Balaban J connectivity index is 2.37. The number of rotatable bonds is 7. The molecule has 6 heteroatoms. The molecule has 1 amide bonds. The molecule has 1 aromatic heterocycles. The standard InChI is InChI=1S/C12H20ClN3O2/c1-9-11(10(2)16(3)15-9)12(17)14-6-4-7-18-8-5-13/h4-8H2,1-3H3,(H,14,17). The maximum Gasteiger partial charge on any atom is 0.255 e.